The standard InChI is InChI=1S/C14H22N4OS/c1-3-12-15-14(17-16-12)20-10-13(19)18(4-2)11-8-6-5-7-9-11/h8H,3-7,9-10H2,1-2H3,(H,15,16,17). The fourth-order valence-electron chi connectivity index (χ4n) is 2.31. The number of rotatable bonds is 6. The highest BCUT2D eigenvalue weighted by Gasteiger charge is 2.18. The first-order chi connectivity index (χ1) is 9.74. The van der Waals surface area contributed by atoms with Crippen molar-refractivity contribution in [2.24, 2.45) is 0 Å². The number of H-pyrrole nitrogens is 1. The second-order valence-corrected chi connectivity index (χ2v) is 5.73. The summed E-state index contributed by atoms with van der Waals surface area (Å²) in [5.74, 6) is 1.41. The zero-order chi connectivity index (χ0) is 14.4. The van der Waals surface area contributed by atoms with Gasteiger partial charge in [-0.25, -0.2) is 4.98 Å². The first-order valence-electron chi connectivity index (χ1n) is 7.28. The molecule has 1 aliphatic carbocycles. The Hall–Kier alpha value is -1.30. The quantitative estimate of drug-likeness (QED) is 0.820. The summed E-state index contributed by atoms with van der Waals surface area (Å²) >= 11 is 1.40. The number of aromatic nitrogens is 3. The maximum Gasteiger partial charge on any atom is 0.237 e. The summed E-state index contributed by atoms with van der Waals surface area (Å²) in [5.41, 5.74) is 1.19. The number of carbonyl (C=O) groups is 1. The molecule has 2 rings (SSSR count). The molecule has 0 aliphatic heterocycles. The summed E-state index contributed by atoms with van der Waals surface area (Å²) in [6.07, 6.45) is 7.56. The van der Waals surface area contributed by atoms with E-state index in [0.717, 1.165) is 31.6 Å². The Kier molecular flexibility index (Phi) is 5.64. The maximum atomic E-state index is 12.3. The zero-order valence-electron chi connectivity index (χ0n) is 12.2. The largest absolute Gasteiger partial charge is 0.316 e. The molecule has 1 aromatic heterocycles. The van der Waals surface area contributed by atoms with Crippen LogP contribution < -0.4 is 0 Å². The van der Waals surface area contributed by atoms with Crippen LogP contribution in [0, 0.1) is 0 Å². The van der Waals surface area contributed by atoms with Crippen molar-refractivity contribution in [2.75, 3.05) is 12.3 Å². The molecule has 20 heavy (non-hydrogen) atoms. The highest BCUT2D eigenvalue weighted by atomic mass is 32.2. The Labute approximate surface area is 124 Å². The molecule has 0 unspecified atom stereocenters. The van der Waals surface area contributed by atoms with Crippen molar-refractivity contribution in [1.82, 2.24) is 20.1 Å². The lowest BCUT2D eigenvalue weighted by atomic mass is 10.0. The van der Waals surface area contributed by atoms with Crippen molar-refractivity contribution in [3.05, 3.63) is 17.6 Å². The molecule has 1 aromatic rings. The molecule has 0 aromatic carbocycles. The molecule has 0 saturated heterocycles. The number of amides is 1. The van der Waals surface area contributed by atoms with E-state index in [2.05, 4.69) is 21.3 Å². The van der Waals surface area contributed by atoms with E-state index in [-0.39, 0.29) is 5.91 Å². The van der Waals surface area contributed by atoms with E-state index in [4.69, 9.17) is 0 Å². The van der Waals surface area contributed by atoms with Gasteiger partial charge in [-0.2, -0.15) is 0 Å². The smallest absolute Gasteiger partial charge is 0.237 e. The molecule has 0 radical (unpaired) electrons. The number of carbonyl (C=O) groups excluding carboxylic acids is 1. The van der Waals surface area contributed by atoms with Crippen LogP contribution in [0.2, 0.25) is 0 Å². The van der Waals surface area contributed by atoms with Crippen molar-refractivity contribution >= 4 is 17.7 Å². The Morgan fingerprint density at radius 3 is 2.90 bits per heavy atom. The summed E-state index contributed by atoms with van der Waals surface area (Å²) in [7, 11) is 0. The first kappa shape index (κ1) is 15.1. The van der Waals surface area contributed by atoms with Gasteiger partial charge in [0.2, 0.25) is 11.1 Å². The molecular weight excluding hydrogens is 272 g/mol. The highest BCUT2D eigenvalue weighted by Crippen LogP contribution is 2.22. The molecule has 110 valence electrons. The van der Waals surface area contributed by atoms with Crippen LogP contribution in [0.15, 0.2) is 16.9 Å². The predicted molar refractivity (Wildman–Crippen MR) is 80.4 cm³/mol. The predicted octanol–water partition coefficient (Wildman–Crippen LogP) is 2.77. The molecular formula is C14H22N4OS. The summed E-state index contributed by atoms with van der Waals surface area (Å²) in [6, 6.07) is 0. The van der Waals surface area contributed by atoms with Crippen LogP contribution in [-0.4, -0.2) is 38.3 Å². The van der Waals surface area contributed by atoms with Crippen LogP contribution in [-0.2, 0) is 11.2 Å². The van der Waals surface area contributed by atoms with Gasteiger partial charge in [0.1, 0.15) is 5.82 Å². The second kappa shape index (κ2) is 7.47. The van der Waals surface area contributed by atoms with Crippen LogP contribution in [0.25, 0.3) is 0 Å². The summed E-state index contributed by atoms with van der Waals surface area (Å²) < 4.78 is 0. The third-order valence-electron chi connectivity index (χ3n) is 3.40. The van der Waals surface area contributed by atoms with Crippen LogP contribution in [0.3, 0.4) is 0 Å². The maximum absolute atomic E-state index is 12.3. The Morgan fingerprint density at radius 2 is 2.30 bits per heavy atom. The number of aryl methyl sites for hydroxylation is 1. The van der Waals surface area contributed by atoms with Gasteiger partial charge in [-0.15, -0.1) is 5.10 Å². The molecule has 1 amide bonds. The van der Waals surface area contributed by atoms with Crippen molar-refractivity contribution in [2.45, 2.75) is 51.1 Å². The second-order valence-electron chi connectivity index (χ2n) is 4.79. The molecule has 0 fully saturated rings. The Balaban J connectivity index is 1.90. The highest BCUT2D eigenvalue weighted by molar-refractivity contribution is 7.99. The van der Waals surface area contributed by atoms with E-state index in [1.807, 2.05) is 18.7 Å². The van der Waals surface area contributed by atoms with E-state index in [9.17, 15) is 4.79 Å². The van der Waals surface area contributed by atoms with E-state index in [0.29, 0.717) is 10.9 Å². The third-order valence-corrected chi connectivity index (χ3v) is 4.23. The van der Waals surface area contributed by atoms with Crippen LogP contribution in [0.1, 0.15) is 45.4 Å². The number of nitrogens with zero attached hydrogens (tertiary/aromatic N) is 3. The molecule has 0 atom stereocenters. The monoisotopic (exact) mass is 294 g/mol. The van der Waals surface area contributed by atoms with Crippen molar-refractivity contribution in [1.29, 1.82) is 0 Å². The number of hydrogen-bond donors (Lipinski definition) is 1. The van der Waals surface area contributed by atoms with Gasteiger partial charge in [0.25, 0.3) is 0 Å². The van der Waals surface area contributed by atoms with Gasteiger partial charge >= 0.3 is 0 Å². The summed E-state index contributed by atoms with van der Waals surface area (Å²) in [4.78, 5) is 18.5. The normalized spacial score (nSPS) is 15.0. The minimum atomic E-state index is 0.147. The average molecular weight is 294 g/mol. The Morgan fingerprint density at radius 1 is 1.45 bits per heavy atom. The zero-order valence-corrected chi connectivity index (χ0v) is 13.0. The lowest BCUT2D eigenvalue weighted by Gasteiger charge is -2.26. The van der Waals surface area contributed by atoms with E-state index < -0.39 is 0 Å². The van der Waals surface area contributed by atoms with E-state index in [1.165, 1.54) is 30.3 Å². The van der Waals surface area contributed by atoms with Crippen LogP contribution in [0.4, 0.5) is 0 Å². The van der Waals surface area contributed by atoms with E-state index >= 15 is 0 Å². The van der Waals surface area contributed by atoms with Gasteiger partial charge in [0, 0.05) is 18.7 Å². The minimum Gasteiger partial charge on any atom is -0.316 e. The molecule has 0 bridgehead atoms. The average Bonchev–Trinajstić information content (AvgIpc) is 2.95. The number of aromatic amines is 1. The lowest BCUT2D eigenvalue weighted by molar-refractivity contribution is -0.126. The van der Waals surface area contributed by atoms with Crippen LogP contribution >= 0.6 is 11.8 Å². The topological polar surface area (TPSA) is 61.9 Å². The lowest BCUT2D eigenvalue weighted by Crippen LogP contribution is -2.32. The first-order valence-corrected chi connectivity index (χ1v) is 8.26. The van der Waals surface area contributed by atoms with Crippen molar-refractivity contribution < 1.29 is 4.79 Å². The molecule has 1 heterocycles. The summed E-state index contributed by atoms with van der Waals surface area (Å²) in [6.45, 7) is 4.79. The molecule has 0 spiro atoms. The fraction of sp³-hybridized carbons (Fsp3) is 0.643. The van der Waals surface area contributed by atoms with Gasteiger partial charge in [-0.1, -0.05) is 24.8 Å². The number of thioether (sulfide) groups is 1. The SMILES string of the molecule is CCc1nc(SCC(=O)N(CC)C2=CCCCC2)n[nH]1. The number of nitrogens with one attached hydrogen (secondary N) is 1. The van der Waals surface area contributed by atoms with Gasteiger partial charge in [0.15, 0.2) is 0 Å². The minimum absolute atomic E-state index is 0.147. The van der Waals surface area contributed by atoms with Crippen molar-refractivity contribution in [3.8, 4) is 0 Å². The molecule has 5 nitrogen and oxygen atoms in total. The van der Waals surface area contributed by atoms with Crippen molar-refractivity contribution in [3.63, 3.8) is 0 Å². The molecule has 0 saturated carbocycles. The third kappa shape index (κ3) is 3.85. The van der Waals surface area contributed by atoms with Gasteiger partial charge in [0.05, 0.1) is 5.75 Å². The van der Waals surface area contributed by atoms with Gasteiger partial charge < -0.3 is 4.90 Å². The molecule has 6 heteroatoms. The molecule has 1 N–H and O–H groups in total. The molecule has 1 aliphatic rings. The fourth-order valence-corrected chi connectivity index (χ4v) is 3.00. The van der Waals surface area contributed by atoms with Gasteiger partial charge in [-0.05, 0) is 32.6 Å². The van der Waals surface area contributed by atoms with E-state index in [1.54, 1.807) is 0 Å². The van der Waals surface area contributed by atoms with Crippen LogP contribution in [0.5, 0.6) is 0 Å². The number of allylic oxidation sites excluding steroid dienone is 2. The van der Waals surface area contributed by atoms with Gasteiger partial charge in [-0.3, -0.25) is 9.89 Å². The Bertz CT molecular complexity index is 483. The number of hydrogen-bond acceptors (Lipinski definition) is 4. The summed E-state index contributed by atoms with van der Waals surface area (Å²) in [5, 5.41) is 7.62.